The van der Waals surface area contributed by atoms with Gasteiger partial charge in [-0.3, -0.25) is 0 Å². The van der Waals surface area contributed by atoms with E-state index in [-0.39, 0.29) is 5.91 Å². The molecule has 0 aliphatic rings. The van der Waals surface area contributed by atoms with E-state index in [0.717, 1.165) is 5.69 Å². The lowest BCUT2D eigenvalue weighted by Gasteiger charge is -1.94. The molecule has 1 aromatic heterocycles. The van der Waals surface area contributed by atoms with Gasteiger partial charge in [0.1, 0.15) is 13.8 Å². The number of nitrogens with zero attached hydrogens (tertiary/aromatic N) is 2. The smallest absolute Gasteiger partial charge is 0.243 e. The zero-order chi connectivity index (χ0) is 9.14. The Morgan fingerprint density at radius 2 is 2.25 bits per heavy atom. The van der Waals surface area contributed by atoms with Gasteiger partial charge in [0.25, 0.3) is 0 Å². The minimum absolute atomic E-state index is 0.168. The summed E-state index contributed by atoms with van der Waals surface area (Å²) in [7, 11) is 1.60. The molecule has 0 atom stereocenters. The van der Waals surface area contributed by atoms with Crippen LogP contribution in [0.1, 0.15) is 16.2 Å². The van der Waals surface area contributed by atoms with E-state index >= 15 is 0 Å². The SMILES string of the molecule is C=[N+](C)C(=O)c1cccc(C)n1. The maximum atomic E-state index is 11.3. The van der Waals surface area contributed by atoms with Crippen LogP contribution in [0.5, 0.6) is 0 Å². The largest absolute Gasteiger partial charge is 0.437 e. The first-order valence-electron chi connectivity index (χ1n) is 3.63. The molecular weight excluding hydrogens is 152 g/mol. The quantitative estimate of drug-likeness (QED) is 0.454. The van der Waals surface area contributed by atoms with Crippen molar-refractivity contribution in [2.24, 2.45) is 0 Å². The van der Waals surface area contributed by atoms with E-state index in [1.165, 1.54) is 4.58 Å². The number of carbonyl (C=O) groups is 1. The van der Waals surface area contributed by atoms with E-state index in [0.29, 0.717) is 5.69 Å². The van der Waals surface area contributed by atoms with Crippen molar-refractivity contribution in [3.63, 3.8) is 0 Å². The molecule has 1 amide bonds. The number of hydrogen-bond acceptors (Lipinski definition) is 2. The van der Waals surface area contributed by atoms with Gasteiger partial charge >= 0.3 is 5.91 Å². The molecule has 62 valence electrons. The van der Waals surface area contributed by atoms with Gasteiger partial charge in [0.15, 0.2) is 5.69 Å². The van der Waals surface area contributed by atoms with Gasteiger partial charge in [-0.2, -0.15) is 4.58 Å². The predicted molar refractivity (Wildman–Crippen MR) is 46.6 cm³/mol. The fraction of sp³-hybridized carbons (Fsp3) is 0.222. The summed E-state index contributed by atoms with van der Waals surface area (Å²) in [4.78, 5) is 15.4. The summed E-state index contributed by atoms with van der Waals surface area (Å²) in [5, 5.41) is 0. The molecule has 1 rings (SSSR count). The summed E-state index contributed by atoms with van der Waals surface area (Å²) >= 11 is 0. The minimum atomic E-state index is -0.168. The molecular formula is C9H11N2O+. The summed E-state index contributed by atoms with van der Waals surface area (Å²) in [5.74, 6) is -0.168. The molecule has 3 nitrogen and oxygen atoms in total. The third-order valence-corrected chi connectivity index (χ3v) is 1.45. The first-order chi connectivity index (χ1) is 5.61. The van der Waals surface area contributed by atoms with Crippen LogP contribution in [0, 0.1) is 6.92 Å². The van der Waals surface area contributed by atoms with Crippen LogP contribution in [-0.4, -0.2) is 29.2 Å². The first kappa shape index (κ1) is 8.59. The maximum Gasteiger partial charge on any atom is 0.437 e. The lowest BCUT2D eigenvalue weighted by molar-refractivity contribution is -0.384. The lowest BCUT2D eigenvalue weighted by atomic mass is 10.3. The van der Waals surface area contributed by atoms with Crippen molar-refractivity contribution >= 4 is 12.6 Å². The van der Waals surface area contributed by atoms with Crippen molar-refractivity contribution in [1.29, 1.82) is 0 Å². The molecule has 0 saturated heterocycles. The molecule has 0 aromatic carbocycles. The second-order valence-corrected chi connectivity index (χ2v) is 2.67. The standard InChI is InChI=1S/C9H11N2O/c1-7-5-4-6-8(10-7)9(12)11(2)3/h4-6H,2H2,1,3H3/q+1. The van der Waals surface area contributed by atoms with Gasteiger partial charge in [0.05, 0.1) is 0 Å². The molecule has 0 saturated carbocycles. The molecule has 3 heteroatoms. The molecule has 12 heavy (non-hydrogen) atoms. The molecule has 0 aliphatic carbocycles. The van der Waals surface area contributed by atoms with Gasteiger partial charge in [-0.05, 0) is 19.1 Å². The van der Waals surface area contributed by atoms with E-state index in [1.54, 1.807) is 19.2 Å². The van der Waals surface area contributed by atoms with Gasteiger partial charge < -0.3 is 0 Å². The van der Waals surface area contributed by atoms with Crippen LogP contribution in [0.15, 0.2) is 18.2 Å². The Labute approximate surface area is 71.4 Å². The topological polar surface area (TPSA) is 33.0 Å². The summed E-state index contributed by atoms with van der Waals surface area (Å²) in [6.07, 6.45) is 0. The molecule has 0 radical (unpaired) electrons. The van der Waals surface area contributed by atoms with Crippen molar-refractivity contribution in [3.05, 3.63) is 29.6 Å². The Balaban J connectivity index is 3.04. The summed E-state index contributed by atoms with van der Waals surface area (Å²) in [6.45, 7) is 5.34. The van der Waals surface area contributed by atoms with Gasteiger partial charge in [-0.15, -0.1) is 0 Å². The number of pyridine rings is 1. The van der Waals surface area contributed by atoms with Gasteiger partial charge in [0, 0.05) is 5.69 Å². The third-order valence-electron chi connectivity index (χ3n) is 1.45. The Hall–Kier alpha value is -1.51. The third kappa shape index (κ3) is 1.75. The average Bonchev–Trinajstić information content (AvgIpc) is 2.03. The van der Waals surface area contributed by atoms with E-state index in [2.05, 4.69) is 11.7 Å². The fourth-order valence-corrected chi connectivity index (χ4v) is 0.858. The van der Waals surface area contributed by atoms with E-state index in [9.17, 15) is 4.79 Å². The van der Waals surface area contributed by atoms with Crippen LogP contribution in [0.2, 0.25) is 0 Å². The van der Waals surface area contributed by atoms with Crippen LogP contribution in [0.4, 0.5) is 0 Å². The van der Waals surface area contributed by atoms with Crippen molar-refractivity contribution in [2.45, 2.75) is 6.92 Å². The molecule has 0 spiro atoms. The van der Waals surface area contributed by atoms with Gasteiger partial charge in [-0.1, -0.05) is 6.07 Å². The van der Waals surface area contributed by atoms with Crippen molar-refractivity contribution in [2.75, 3.05) is 7.05 Å². The second kappa shape index (κ2) is 3.26. The number of amides is 1. The highest BCUT2D eigenvalue weighted by atomic mass is 16.2. The number of hydrogen-bond donors (Lipinski definition) is 0. The molecule has 1 heterocycles. The van der Waals surface area contributed by atoms with Crippen molar-refractivity contribution < 1.29 is 9.37 Å². The molecule has 0 unspecified atom stereocenters. The summed E-state index contributed by atoms with van der Waals surface area (Å²) in [5.41, 5.74) is 1.27. The zero-order valence-corrected chi connectivity index (χ0v) is 7.24. The normalized spacial score (nSPS) is 9.50. The number of rotatable bonds is 1. The first-order valence-corrected chi connectivity index (χ1v) is 3.63. The van der Waals surface area contributed by atoms with Crippen LogP contribution in [0.25, 0.3) is 0 Å². The van der Waals surface area contributed by atoms with E-state index < -0.39 is 0 Å². The lowest BCUT2D eigenvalue weighted by Crippen LogP contribution is -2.15. The number of aryl methyl sites for hydroxylation is 1. The van der Waals surface area contributed by atoms with Gasteiger partial charge in [-0.25, -0.2) is 9.78 Å². The van der Waals surface area contributed by atoms with Crippen LogP contribution < -0.4 is 0 Å². The highest BCUT2D eigenvalue weighted by Gasteiger charge is 2.14. The van der Waals surface area contributed by atoms with Crippen LogP contribution in [-0.2, 0) is 0 Å². The van der Waals surface area contributed by atoms with E-state index in [1.807, 2.05) is 13.0 Å². The molecule has 0 aliphatic heterocycles. The second-order valence-electron chi connectivity index (χ2n) is 2.67. The van der Waals surface area contributed by atoms with Crippen molar-refractivity contribution in [1.82, 2.24) is 4.98 Å². The molecule has 0 N–H and O–H groups in total. The highest BCUT2D eigenvalue weighted by Crippen LogP contribution is 1.98. The maximum absolute atomic E-state index is 11.3. The van der Waals surface area contributed by atoms with E-state index in [4.69, 9.17) is 0 Å². The highest BCUT2D eigenvalue weighted by molar-refractivity contribution is 5.86. The minimum Gasteiger partial charge on any atom is -0.243 e. The Morgan fingerprint density at radius 3 is 2.75 bits per heavy atom. The van der Waals surface area contributed by atoms with Gasteiger partial charge in [0.2, 0.25) is 0 Å². The molecule has 0 bridgehead atoms. The Kier molecular flexibility index (Phi) is 2.33. The predicted octanol–water partition coefficient (Wildman–Crippen LogP) is 0.873. The Morgan fingerprint density at radius 1 is 1.58 bits per heavy atom. The van der Waals surface area contributed by atoms with Crippen molar-refractivity contribution in [3.8, 4) is 0 Å². The fourth-order valence-electron chi connectivity index (χ4n) is 0.858. The zero-order valence-electron chi connectivity index (χ0n) is 7.24. The summed E-state index contributed by atoms with van der Waals surface area (Å²) < 4.78 is 1.27. The van der Waals surface area contributed by atoms with Crippen LogP contribution >= 0.6 is 0 Å². The summed E-state index contributed by atoms with van der Waals surface area (Å²) in [6, 6.07) is 5.33. The number of carbonyl (C=O) groups excluding carboxylic acids is 1. The Bertz CT molecular complexity index is 331. The molecule has 0 fully saturated rings. The monoisotopic (exact) mass is 163 g/mol. The number of aromatic nitrogens is 1. The molecule has 1 aromatic rings. The van der Waals surface area contributed by atoms with Crippen LogP contribution in [0.3, 0.4) is 0 Å². The average molecular weight is 163 g/mol.